The van der Waals surface area contributed by atoms with Crippen LogP contribution < -0.4 is 5.32 Å². The molecule has 1 aliphatic heterocycles. The van der Waals surface area contributed by atoms with E-state index in [4.69, 9.17) is 5.26 Å². The van der Waals surface area contributed by atoms with E-state index >= 15 is 0 Å². The lowest BCUT2D eigenvalue weighted by atomic mass is 9.95. The number of rotatable bonds is 4. The Kier molecular flexibility index (Phi) is 5.14. The molecule has 0 bridgehead atoms. The molecule has 0 aromatic heterocycles. The number of benzene rings is 1. The number of nitriles is 1. The van der Waals surface area contributed by atoms with E-state index in [0.717, 1.165) is 43.7 Å². The van der Waals surface area contributed by atoms with Crippen LogP contribution in [0.1, 0.15) is 24.8 Å². The molecular weight excluding hydrogens is 250 g/mol. The summed E-state index contributed by atoms with van der Waals surface area (Å²) in [5.41, 5.74) is 2.00. The minimum Gasteiger partial charge on any atom is -0.326 e. The number of hydrogen-bond acceptors (Lipinski definition) is 3. The second-order valence-corrected chi connectivity index (χ2v) is 5.33. The van der Waals surface area contributed by atoms with Gasteiger partial charge in [-0.15, -0.1) is 0 Å². The summed E-state index contributed by atoms with van der Waals surface area (Å²) in [5, 5.41) is 11.6. The van der Waals surface area contributed by atoms with Gasteiger partial charge in [0.1, 0.15) is 0 Å². The van der Waals surface area contributed by atoms with Crippen LogP contribution in [0, 0.1) is 24.2 Å². The number of hydrogen-bond donors (Lipinski definition) is 1. The molecule has 0 aliphatic carbocycles. The van der Waals surface area contributed by atoms with Crippen LogP contribution in [0.15, 0.2) is 24.3 Å². The summed E-state index contributed by atoms with van der Waals surface area (Å²) < 4.78 is 0. The minimum atomic E-state index is 0.0907. The number of carbonyl (C=O) groups is 1. The van der Waals surface area contributed by atoms with Crippen molar-refractivity contribution in [2.45, 2.75) is 26.2 Å². The smallest absolute Gasteiger partial charge is 0.227 e. The topological polar surface area (TPSA) is 56.1 Å². The highest BCUT2D eigenvalue weighted by Crippen LogP contribution is 2.21. The first-order valence-electron chi connectivity index (χ1n) is 7.16. The Hall–Kier alpha value is -1.86. The first-order valence-corrected chi connectivity index (χ1v) is 7.16. The van der Waals surface area contributed by atoms with Crippen molar-refractivity contribution in [3.63, 3.8) is 0 Å². The summed E-state index contributed by atoms with van der Waals surface area (Å²) in [6.45, 7) is 4.64. The standard InChI is InChI=1S/C16H21N3O/c1-13-5-2-3-6-15(13)18-16(20)14-7-11-19(12-8-14)10-4-9-17/h2-3,5-6,14H,4,7-8,10-12H2,1H3,(H,18,20). The van der Waals surface area contributed by atoms with Gasteiger partial charge in [-0.3, -0.25) is 4.79 Å². The van der Waals surface area contributed by atoms with E-state index in [0.29, 0.717) is 6.42 Å². The van der Waals surface area contributed by atoms with E-state index in [9.17, 15) is 4.79 Å². The highest BCUT2D eigenvalue weighted by molar-refractivity contribution is 5.93. The van der Waals surface area contributed by atoms with Crippen LogP contribution in [-0.4, -0.2) is 30.4 Å². The van der Waals surface area contributed by atoms with Gasteiger partial charge in [0, 0.05) is 24.6 Å². The number of piperidine rings is 1. The van der Waals surface area contributed by atoms with Gasteiger partial charge in [-0.25, -0.2) is 0 Å². The number of likely N-dealkylation sites (tertiary alicyclic amines) is 1. The van der Waals surface area contributed by atoms with E-state index in [1.165, 1.54) is 0 Å². The van der Waals surface area contributed by atoms with Gasteiger partial charge in [0.2, 0.25) is 5.91 Å². The molecule has 0 unspecified atom stereocenters. The third-order valence-corrected chi connectivity index (χ3v) is 3.90. The average molecular weight is 271 g/mol. The molecule has 1 fully saturated rings. The Morgan fingerprint density at radius 1 is 1.40 bits per heavy atom. The largest absolute Gasteiger partial charge is 0.326 e. The third-order valence-electron chi connectivity index (χ3n) is 3.90. The first kappa shape index (κ1) is 14.5. The summed E-state index contributed by atoms with van der Waals surface area (Å²) >= 11 is 0. The van der Waals surface area contributed by atoms with Crippen LogP contribution >= 0.6 is 0 Å². The third kappa shape index (κ3) is 3.82. The number of carbonyl (C=O) groups excluding carboxylic acids is 1. The molecule has 1 amide bonds. The van der Waals surface area contributed by atoms with E-state index in [1.54, 1.807) is 0 Å². The van der Waals surface area contributed by atoms with Crippen LogP contribution in [0.4, 0.5) is 5.69 Å². The highest BCUT2D eigenvalue weighted by Gasteiger charge is 2.24. The van der Waals surface area contributed by atoms with Crippen molar-refractivity contribution in [1.29, 1.82) is 5.26 Å². The molecule has 0 saturated carbocycles. The molecule has 20 heavy (non-hydrogen) atoms. The number of anilines is 1. The fraction of sp³-hybridized carbons (Fsp3) is 0.500. The van der Waals surface area contributed by atoms with Crippen LogP contribution in [-0.2, 0) is 4.79 Å². The molecule has 1 heterocycles. The average Bonchev–Trinajstić information content (AvgIpc) is 2.48. The number of nitrogens with one attached hydrogen (secondary N) is 1. The van der Waals surface area contributed by atoms with Crippen molar-refractivity contribution >= 4 is 11.6 Å². The Bertz CT molecular complexity index is 499. The maximum atomic E-state index is 12.3. The molecule has 106 valence electrons. The van der Waals surface area contributed by atoms with Gasteiger partial charge in [-0.2, -0.15) is 5.26 Å². The van der Waals surface area contributed by atoms with Gasteiger partial charge in [-0.1, -0.05) is 18.2 Å². The number of aryl methyl sites for hydroxylation is 1. The molecule has 1 aromatic carbocycles. The summed E-state index contributed by atoms with van der Waals surface area (Å²) in [6.07, 6.45) is 2.33. The van der Waals surface area contributed by atoms with Crippen LogP contribution in [0.5, 0.6) is 0 Å². The van der Waals surface area contributed by atoms with Crippen molar-refractivity contribution in [3.05, 3.63) is 29.8 Å². The molecule has 1 N–H and O–H groups in total. The first-order chi connectivity index (χ1) is 9.70. The molecule has 2 rings (SSSR count). The fourth-order valence-corrected chi connectivity index (χ4v) is 2.57. The summed E-state index contributed by atoms with van der Waals surface area (Å²) in [6, 6.07) is 10.0. The second-order valence-electron chi connectivity index (χ2n) is 5.33. The monoisotopic (exact) mass is 271 g/mol. The molecule has 0 radical (unpaired) electrons. The lowest BCUT2D eigenvalue weighted by molar-refractivity contribution is -0.121. The molecule has 4 heteroatoms. The van der Waals surface area contributed by atoms with Crippen LogP contribution in [0.25, 0.3) is 0 Å². The highest BCUT2D eigenvalue weighted by atomic mass is 16.1. The minimum absolute atomic E-state index is 0.0907. The van der Waals surface area contributed by atoms with Gasteiger partial charge >= 0.3 is 0 Å². The van der Waals surface area contributed by atoms with Gasteiger partial charge in [0.15, 0.2) is 0 Å². The summed E-state index contributed by atoms with van der Waals surface area (Å²) in [4.78, 5) is 14.5. The quantitative estimate of drug-likeness (QED) is 0.915. The van der Waals surface area contributed by atoms with Gasteiger partial charge in [0.05, 0.1) is 6.07 Å². The van der Waals surface area contributed by atoms with Gasteiger partial charge in [-0.05, 0) is 44.5 Å². The molecule has 0 atom stereocenters. The van der Waals surface area contributed by atoms with Gasteiger partial charge < -0.3 is 10.2 Å². The molecule has 1 aromatic rings. The van der Waals surface area contributed by atoms with Crippen molar-refractivity contribution in [2.75, 3.05) is 25.0 Å². The lowest BCUT2D eigenvalue weighted by Gasteiger charge is -2.30. The maximum absolute atomic E-state index is 12.3. The summed E-state index contributed by atoms with van der Waals surface area (Å²) in [7, 11) is 0. The van der Waals surface area contributed by atoms with Gasteiger partial charge in [0.25, 0.3) is 0 Å². The molecular formula is C16H21N3O. The molecule has 0 spiro atoms. The molecule has 1 aliphatic rings. The van der Waals surface area contributed by atoms with Crippen molar-refractivity contribution < 1.29 is 4.79 Å². The predicted octanol–water partition coefficient (Wildman–Crippen LogP) is 2.56. The SMILES string of the molecule is Cc1ccccc1NC(=O)C1CCN(CCC#N)CC1. The summed E-state index contributed by atoms with van der Waals surface area (Å²) in [5.74, 6) is 0.215. The number of nitrogens with zero attached hydrogens (tertiary/aromatic N) is 2. The molecule has 1 saturated heterocycles. The zero-order chi connectivity index (χ0) is 14.4. The Labute approximate surface area is 120 Å². The predicted molar refractivity (Wildman–Crippen MR) is 79.2 cm³/mol. The van der Waals surface area contributed by atoms with E-state index in [2.05, 4.69) is 16.3 Å². The Balaban J connectivity index is 1.83. The van der Waals surface area contributed by atoms with E-state index < -0.39 is 0 Å². The second kappa shape index (κ2) is 7.06. The number of amides is 1. The normalized spacial score (nSPS) is 16.6. The number of para-hydroxylation sites is 1. The van der Waals surface area contributed by atoms with Crippen LogP contribution in [0.3, 0.4) is 0 Å². The van der Waals surface area contributed by atoms with Crippen molar-refractivity contribution in [3.8, 4) is 6.07 Å². The van der Waals surface area contributed by atoms with Crippen LogP contribution in [0.2, 0.25) is 0 Å². The van der Waals surface area contributed by atoms with Crippen molar-refractivity contribution in [2.24, 2.45) is 5.92 Å². The Morgan fingerprint density at radius 2 is 2.10 bits per heavy atom. The maximum Gasteiger partial charge on any atom is 0.227 e. The van der Waals surface area contributed by atoms with E-state index in [-0.39, 0.29) is 11.8 Å². The lowest BCUT2D eigenvalue weighted by Crippen LogP contribution is -2.38. The molecule has 4 nitrogen and oxygen atoms in total. The zero-order valence-corrected chi connectivity index (χ0v) is 11.9. The Morgan fingerprint density at radius 3 is 2.75 bits per heavy atom. The van der Waals surface area contributed by atoms with Crippen molar-refractivity contribution in [1.82, 2.24) is 4.90 Å². The van der Waals surface area contributed by atoms with E-state index in [1.807, 2.05) is 31.2 Å². The zero-order valence-electron chi connectivity index (χ0n) is 11.9. The fourth-order valence-electron chi connectivity index (χ4n) is 2.57.